The summed E-state index contributed by atoms with van der Waals surface area (Å²) in [4.78, 5) is 23.9. The second-order valence-electron chi connectivity index (χ2n) is 7.01. The summed E-state index contributed by atoms with van der Waals surface area (Å²) < 4.78 is 11.8. The molecule has 0 aliphatic carbocycles. The number of carbonyl (C=O) groups excluding carboxylic acids is 1. The second-order valence-corrected chi connectivity index (χ2v) is 7.01. The van der Waals surface area contributed by atoms with E-state index in [9.17, 15) is 20.2 Å². The molecule has 0 atom stereocenters. The molecule has 0 unspecified atom stereocenters. The summed E-state index contributed by atoms with van der Waals surface area (Å²) in [6, 6.07) is 11.6. The summed E-state index contributed by atoms with van der Waals surface area (Å²) in [6.07, 6.45) is 3.70. The van der Waals surface area contributed by atoms with E-state index >= 15 is 0 Å². The Morgan fingerprint density at radius 3 is 2.47 bits per heavy atom. The molecule has 2 aromatic rings. The van der Waals surface area contributed by atoms with Gasteiger partial charge in [0, 0.05) is 31.8 Å². The van der Waals surface area contributed by atoms with Crippen molar-refractivity contribution in [2.75, 3.05) is 20.7 Å². The van der Waals surface area contributed by atoms with Gasteiger partial charge in [-0.15, -0.1) is 6.58 Å². The summed E-state index contributed by atoms with van der Waals surface area (Å²) in [5, 5.41) is 20.2. The number of carbonyl (C=O) groups is 1. The Morgan fingerprint density at radius 2 is 1.94 bits per heavy atom. The minimum absolute atomic E-state index is 0.00143. The molecule has 8 heteroatoms. The molecule has 2 aromatic carbocycles. The van der Waals surface area contributed by atoms with Crippen molar-refractivity contribution in [2.24, 2.45) is 0 Å². The van der Waals surface area contributed by atoms with Gasteiger partial charge >= 0.3 is 0 Å². The normalized spacial score (nSPS) is 10.8. The number of allylic oxidation sites excluding steroid dienone is 1. The average molecular weight is 435 g/mol. The molecule has 0 heterocycles. The number of ether oxygens (including phenoxy) is 2. The smallest absolute Gasteiger partial charge is 0.269 e. The summed E-state index contributed by atoms with van der Waals surface area (Å²) in [5.74, 6) is 0.587. The Labute approximate surface area is 187 Å². The lowest BCUT2D eigenvalue weighted by Gasteiger charge is -2.17. The third-order valence-electron chi connectivity index (χ3n) is 4.42. The molecule has 0 fully saturated rings. The highest BCUT2D eigenvalue weighted by Crippen LogP contribution is 2.35. The van der Waals surface area contributed by atoms with Crippen LogP contribution in [0.3, 0.4) is 0 Å². The number of hydrogen-bond donors (Lipinski definition) is 0. The van der Waals surface area contributed by atoms with Crippen LogP contribution in [0.4, 0.5) is 5.69 Å². The van der Waals surface area contributed by atoms with Gasteiger partial charge in [0.15, 0.2) is 11.5 Å². The number of nitro groups is 1. The van der Waals surface area contributed by atoms with E-state index in [0.29, 0.717) is 30.1 Å². The number of nitro benzene ring substituents is 1. The number of hydrogen-bond acceptors (Lipinski definition) is 6. The van der Waals surface area contributed by atoms with E-state index in [0.717, 1.165) is 11.1 Å². The van der Waals surface area contributed by atoms with Crippen LogP contribution in [0.1, 0.15) is 23.6 Å². The average Bonchev–Trinajstić information content (AvgIpc) is 2.77. The summed E-state index contributed by atoms with van der Waals surface area (Å²) in [5.41, 5.74) is 2.16. The van der Waals surface area contributed by atoms with Crippen LogP contribution in [0.15, 0.2) is 54.6 Å². The van der Waals surface area contributed by atoms with Crippen LogP contribution in [-0.2, 0) is 17.8 Å². The lowest BCUT2D eigenvalue weighted by molar-refractivity contribution is -0.384. The molecule has 0 N–H and O–H groups in total. The zero-order valence-corrected chi connectivity index (χ0v) is 18.3. The summed E-state index contributed by atoms with van der Waals surface area (Å²) in [6.45, 7) is 6.19. The van der Waals surface area contributed by atoms with Crippen LogP contribution in [0.25, 0.3) is 6.08 Å². The van der Waals surface area contributed by atoms with Crippen molar-refractivity contribution in [1.82, 2.24) is 4.90 Å². The van der Waals surface area contributed by atoms with Gasteiger partial charge in [0.1, 0.15) is 18.2 Å². The number of nitriles is 1. The number of nitrogens with zero attached hydrogens (tertiary/aromatic N) is 3. The Balaban J connectivity index is 2.43. The first kappa shape index (κ1) is 24.2. The van der Waals surface area contributed by atoms with Gasteiger partial charge in [0.2, 0.25) is 0 Å². The van der Waals surface area contributed by atoms with Gasteiger partial charge in [0.25, 0.3) is 11.6 Å². The van der Waals surface area contributed by atoms with Gasteiger partial charge in [0.05, 0.1) is 11.5 Å². The molecule has 0 saturated carbocycles. The molecule has 0 aliphatic rings. The molecule has 8 nitrogen and oxygen atoms in total. The highest BCUT2D eigenvalue weighted by Gasteiger charge is 2.16. The zero-order chi connectivity index (χ0) is 23.7. The lowest BCUT2D eigenvalue weighted by Crippen LogP contribution is -2.22. The van der Waals surface area contributed by atoms with Gasteiger partial charge in [-0.1, -0.05) is 6.08 Å². The van der Waals surface area contributed by atoms with Crippen molar-refractivity contribution >= 4 is 17.7 Å². The predicted molar refractivity (Wildman–Crippen MR) is 121 cm³/mol. The van der Waals surface area contributed by atoms with Gasteiger partial charge in [-0.25, -0.2) is 0 Å². The fourth-order valence-electron chi connectivity index (χ4n) is 2.92. The third kappa shape index (κ3) is 6.19. The Morgan fingerprint density at radius 1 is 1.25 bits per heavy atom. The van der Waals surface area contributed by atoms with E-state index in [2.05, 4.69) is 6.58 Å². The minimum atomic E-state index is -0.456. The summed E-state index contributed by atoms with van der Waals surface area (Å²) >= 11 is 0. The fourth-order valence-corrected chi connectivity index (χ4v) is 2.92. The quantitative estimate of drug-likeness (QED) is 0.181. The van der Waals surface area contributed by atoms with Crippen LogP contribution in [-0.4, -0.2) is 36.4 Å². The molecule has 32 heavy (non-hydrogen) atoms. The number of non-ortho nitro benzene ring substituents is 1. The second kappa shape index (κ2) is 11.3. The van der Waals surface area contributed by atoms with Crippen LogP contribution < -0.4 is 9.47 Å². The minimum Gasteiger partial charge on any atom is -0.490 e. The molecule has 0 saturated heterocycles. The Bertz CT molecular complexity index is 1070. The molecular weight excluding hydrogens is 410 g/mol. The number of rotatable bonds is 10. The van der Waals surface area contributed by atoms with Gasteiger partial charge in [-0.3, -0.25) is 14.9 Å². The Kier molecular flexibility index (Phi) is 8.54. The summed E-state index contributed by atoms with van der Waals surface area (Å²) in [7, 11) is 3.16. The van der Waals surface area contributed by atoms with Crippen LogP contribution in [0, 0.1) is 21.4 Å². The van der Waals surface area contributed by atoms with Gasteiger partial charge in [-0.05, 0) is 54.8 Å². The van der Waals surface area contributed by atoms with Crippen molar-refractivity contribution in [3.8, 4) is 17.6 Å². The van der Waals surface area contributed by atoms with Gasteiger partial charge < -0.3 is 14.4 Å². The fraction of sp³-hybridized carbons (Fsp3) is 0.250. The maximum atomic E-state index is 12.2. The maximum Gasteiger partial charge on any atom is 0.269 e. The highest BCUT2D eigenvalue weighted by atomic mass is 16.6. The van der Waals surface area contributed by atoms with Crippen LogP contribution in [0.2, 0.25) is 0 Å². The first-order valence-corrected chi connectivity index (χ1v) is 9.90. The first-order valence-electron chi connectivity index (χ1n) is 9.90. The number of amides is 1. The number of likely N-dealkylation sites (N-methyl/N-ethyl adjacent to an activating group) is 1. The maximum absolute atomic E-state index is 12.2. The molecular formula is C24H25N3O5. The lowest BCUT2D eigenvalue weighted by atomic mass is 10.0. The zero-order valence-electron chi connectivity index (χ0n) is 18.3. The van der Waals surface area contributed by atoms with E-state index in [1.54, 1.807) is 38.4 Å². The molecule has 1 amide bonds. The van der Waals surface area contributed by atoms with E-state index in [1.807, 2.05) is 19.1 Å². The van der Waals surface area contributed by atoms with Crippen molar-refractivity contribution in [1.29, 1.82) is 5.26 Å². The van der Waals surface area contributed by atoms with E-state index < -0.39 is 10.8 Å². The third-order valence-corrected chi connectivity index (χ3v) is 4.42. The van der Waals surface area contributed by atoms with Crippen molar-refractivity contribution in [3.63, 3.8) is 0 Å². The molecule has 0 spiro atoms. The predicted octanol–water partition coefficient (Wildman–Crippen LogP) is 4.30. The van der Waals surface area contributed by atoms with E-state index in [4.69, 9.17) is 9.47 Å². The molecule has 0 aliphatic heterocycles. The van der Waals surface area contributed by atoms with E-state index in [-0.39, 0.29) is 17.9 Å². The molecule has 2 rings (SSSR count). The molecule has 166 valence electrons. The largest absolute Gasteiger partial charge is 0.490 e. The molecule has 0 aromatic heterocycles. The highest BCUT2D eigenvalue weighted by molar-refractivity contribution is 6.01. The standard InChI is InChI=1S/C24H25N3O5/c1-5-7-19-12-18(13-20(15-25)24(28)26(3)4)14-22(31-6-2)23(19)32-16-17-8-10-21(11-9-17)27(29)30/h5,8-14H,1,6-7,16H2,2-4H3/b20-13-. The number of benzene rings is 2. The topological polar surface area (TPSA) is 106 Å². The van der Waals surface area contributed by atoms with Gasteiger partial charge in [-0.2, -0.15) is 5.26 Å². The SMILES string of the molecule is C=CCc1cc(/C=C(/C#N)C(=O)N(C)C)cc(OCC)c1OCc1ccc([N+](=O)[O-])cc1. The van der Waals surface area contributed by atoms with Crippen LogP contribution in [0.5, 0.6) is 11.5 Å². The Hall–Kier alpha value is -4.12. The van der Waals surface area contributed by atoms with Crippen molar-refractivity contribution in [2.45, 2.75) is 20.0 Å². The molecule has 0 bridgehead atoms. The van der Waals surface area contributed by atoms with Crippen molar-refractivity contribution < 1.29 is 19.2 Å². The van der Waals surface area contributed by atoms with Crippen LogP contribution >= 0.6 is 0 Å². The van der Waals surface area contributed by atoms with E-state index in [1.165, 1.54) is 23.1 Å². The molecule has 0 radical (unpaired) electrons. The van der Waals surface area contributed by atoms with Crippen molar-refractivity contribution in [3.05, 3.63) is 81.4 Å². The first-order chi connectivity index (χ1) is 15.3. The monoisotopic (exact) mass is 435 g/mol.